The molecule has 0 unspecified atom stereocenters. The fourth-order valence-electron chi connectivity index (χ4n) is 4.54. The molecule has 4 rings (SSSR count). The second-order valence-electron chi connectivity index (χ2n) is 8.21. The molecule has 1 aromatic carbocycles. The number of rotatable bonds is 5. The normalized spacial score (nSPS) is 24.1. The van der Waals surface area contributed by atoms with Crippen molar-refractivity contribution >= 4 is 11.8 Å². The molecule has 0 spiro atoms. The molecule has 2 heterocycles. The highest BCUT2D eigenvalue weighted by molar-refractivity contribution is 5.90. The summed E-state index contributed by atoms with van der Waals surface area (Å²) in [7, 11) is 1.63. The van der Waals surface area contributed by atoms with Gasteiger partial charge in [-0.1, -0.05) is 31.9 Å². The molecule has 0 bridgehead atoms. The number of hydrogen-bond donors (Lipinski definition) is 1. The molecule has 0 saturated heterocycles. The molecule has 2 aliphatic rings. The van der Waals surface area contributed by atoms with E-state index < -0.39 is 6.04 Å². The van der Waals surface area contributed by atoms with Crippen LogP contribution in [-0.4, -0.2) is 34.4 Å². The standard InChI is InChI=1S/C23H29N3O3/c1-16-6-3-4-7-19(16)24-23(28)22-20-8-5-13-25(20)15-21(27)26(22)14-17-9-11-18(29-2)12-10-17/h5,8-13,16,19,22H,3-4,6-7,14-15H2,1-2H3,(H,24,28)/t16-,19-,22-/m1/s1. The molecule has 29 heavy (non-hydrogen) atoms. The zero-order valence-corrected chi connectivity index (χ0v) is 17.1. The van der Waals surface area contributed by atoms with Crippen molar-refractivity contribution in [1.29, 1.82) is 0 Å². The van der Waals surface area contributed by atoms with Crippen LogP contribution in [0.1, 0.15) is 49.9 Å². The van der Waals surface area contributed by atoms with Gasteiger partial charge >= 0.3 is 0 Å². The van der Waals surface area contributed by atoms with E-state index in [2.05, 4.69) is 12.2 Å². The highest BCUT2D eigenvalue weighted by Gasteiger charge is 2.38. The van der Waals surface area contributed by atoms with Crippen molar-refractivity contribution in [2.75, 3.05) is 7.11 Å². The maximum atomic E-state index is 13.4. The van der Waals surface area contributed by atoms with Gasteiger partial charge in [0.05, 0.1) is 12.8 Å². The fourth-order valence-corrected chi connectivity index (χ4v) is 4.54. The van der Waals surface area contributed by atoms with Gasteiger partial charge in [0.15, 0.2) is 6.04 Å². The lowest BCUT2D eigenvalue weighted by atomic mass is 9.85. The van der Waals surface area contributed by atoms with Gasteiger partial charge in [0, 0.05) is 18.8 Å². The number of amides is 2. The van der Waals surface area contributed by atoms with Crippen molar-refractivity contribution in [2.24, 2.45) is 5.92 Å². The van der Waals surface area contributed by atoms with E-state index in [0.29, 0.717) is 12.5 Å². The maximum absolute atomic E-state index is 13.4. The van der Waals surface area contributed by atoms with Crippen LogP contribution in [0.15, 0.2) is 42.6 Å². The molecule has 3 atom stereocenters. The average molecular weight is 396 g/mol. The molecule has 1 saturated carbocycles. The first kappa shape index (κ1) is 19.6. The number of aromatic nitrogens is 1. The van der Waals surface area contributed by atoms with Gasteiger partial charge in [-0.05, 0) is 48.6 Å². The Labute approximate surface area is 171 Å². The minimum Gasteiger partial charge on any atom is -0.497 e. The topological polar surface area (TPSA) is 63.6 Å². The monoisotopic (exact) mass is 395 g/mol. The van der Waals surface area contributed by atoms with E-state index in [1.165, 1.54) is 6.42 Å². The minimum absolute atomic E-state index is 0.0404. The van der Waals surface area contributed by atoms with Crippen LogP contribution in [-0.2, 0) is 22.7 Å². The van der Waals surface area contributed by atoms with Crippen LogP contribution in [0.4, 0.5) is 0 Å². The summed E-state index contributed by atoms with van der Waals surface area (Å²) in [4.78, 5) is 28.0. The molecule has 1 N–H and O–H groups in total. The number of hydrogen-bond acceptors (Lipinski definition) is 3. The number of methoxy groups -OCH3 is 1. The van der Waals surface area contributed by atoms with Crippen molar-refractivity contribution < 1.29 is 14.3 Å². The van der Waals surface area contributed by atoms with Gasteiger partial charge in [-0.25, -0.2) is 0 Å². The summed E-state index contributed by atoms with van der Waals surface area (Å²) in [5, 5.41) is 3.26. The van der Waals surface area contributed by atoms with Crippen molar-refractivity contribution in [1.82, 2.24) is 14.8 Å². The Hall–Kier alpha value is -2.76. The smallest absolute Gasteiger partial charge is 0.249 e. The summed E-state index contributed by atoms with van der Waals surface area (Å²) >= 11 is 0. The molecule has 154 valence electrons. The Morgan fingerprint density at radius 3 is 2.66 bits per heavy atom. The predicted octanol–water partition coefficient (Wildman–Crippen LogP) is 3.28. The molecule has 1 aromatic heterocycles. The lowest BCUT2D eigenvalue weighted by Gasteiger charge is -2.38. The van der Waals surface area contributed by atoms with Crippen molar-refractivity contribution in [3.63, 3.8) is 0 Å². The van der Waals surface area contributed by atoms with Gasteiger partial charge < -0.3 is 19.5 Å². The third-order valence-electron chi connectivity index (χ3n) is 6.28. The zero-order chi connectivity index (χ0) is 20.4. The van der Waals surface area contributed by atoms with Gasteiger partial charge in [-0.2, -0.15) is 0 Å². The van der Waals surface area contributed by atoms with Crippen LogP contribution < -0.4 is 10.1 Å². The molecule has 1 aliphatic carbocycles. The minimum atomic E-state index is -0.609. The van der Waals surface area contributed by atoms with Crippen molar-refractivity contribution in [2.45, 2.75) is 57.8 Å². The predicted molar refractivity (Wildman–Crippen MR) is 110 cm³/mol. The molecular weight excluding hydrogens is 366 g/mol. The Bertz CT molecular complexity index is 874. The number of carbonyl (C=O) groups is 2. The number of nitrogens with zero attached hydrogens (tertiary/aromatic N) is 2. The van der Waals surface area contributed by atoms with Crippen LogP contribution in [0.2, 0.25) is 0 Å². The quantitative estimate of drug-likeness (QED) is 0.845. The number of ether oxygens (including phenoxy) is 1. The summed E-state index contributed by atoms with van der Waals surface area (Å²) in [5.41, 5.74) is 1.85. The average Bonchev–Trinajstić information content (AvgIpc) is 3.18. The molecule has 0 radical (unpaired) electrons. The maximum Gasteiger partial charge on any atom is 0.249 e. The first-order valence-corrected chi connectivity index (χ1v) is 10.4. The van der Waals surface area contributed by atoms with Crippen molar-refractivity contribution in [3.8, 4) is 5.75 Å². The molecule has 1 aliphatic heterocycles. The third-order valence-corrected chi connectivity index (χ3v) is 6.28. The lowest BCUT2D eigenvalue weighted by molar-refractivity contribution is -0.145. The summed E-state index contributed by atoms with van der Waals surface area (Å²) in [5.74, 6) is 1.12. The molecule has 2 aromatic rings. The second kappa shape index (κ2) is 8.31. The van der Waals surface area contributed by atoms with Gasteiger partial charge in [0.1, 0.15) is 12.3 Å². The Kier molecular flexibility index (Phi) is 5.60. The highest BCUT2D eigenvalue weighted by atomic mass is 16.5. The van der Waals surface area contributed by atoms with E-state index in [9.17, 15) is 9.59 Å². The van der Waals surface area contributed by atoms with Crippen LogP contribution in [0.25, 0.3) is 0 Å². The molecule has 1 fully saturated rings. The molecule has 2 amide bonds. The van der Waals surface area contributed by atoms with Crippen LogP contribution >= 0.6 is 0 Å². The van der Waals surface area contributed by atoms with Gasteiger partial charge in [0.25, 0.3) is 0 Å². The number of nitrogens with one attached hydrogen (secondary N) is 1. The first-order chi connectivity index (χ1) is 14.1. The SMILES string of the molecule is COc1ccc(CN2C(=O)Cn3cccc3[C@@H]2C(=O)N[C@@H]2CCCC[C@H]2C)cc1. The van der Waals surface area contributed by atoms with Crippen LogP contribution in [0.5, 0.6) is 5.75 Å². The van der Waals surface area contributed by atoms with E-state index in [1.54, 1.807) is 12.0 Å². The second-order valence-corrected chi connectivity index (χ2v) is 8.21. The van der Waals surface area contributed by atoms with Gasteiger partial charge in [-0.3, -0.25) is 9.59 Å². The molecule has 6 nitrogen and oxygen atoms in total. The van der Waals surface area contributed by atoms with E-state index in [4.69, 9.17) is 4.74 Å². The molecular formula is C23H29N3O3. The Morgan fingerprint density at radius 1 is 1.17 bits per heavy atom. The van der Waals surface area contributed by atoms with E-state index >= 15 is 0 Å². The summed E-state index contributed by atoms with van der Waals surface area (Å²) < 4.78 is 7.11. The Morgan fingerprint density at radius 2 is 1.93 bits per heavy atom. The third kappa shape index (κ3) is 4.02. The van der Waals surface area contributed by atoms with E-state index in [1.807, 2.05) is 47.2 Å². The summed E-state index contributed by atoms with van der Waals surface area (Å²) in [6, 6.07) is 11.1. The van der Waals surface area contributed by atoms with Gasteiger partial charge in [0.2, 0.25) is 11.8 Å². The summed E-state index contributed by atoms with van der Waals surface area (Å²) in [6.45, 7) is 2.86. The number of fused-ring (bicyclic) bond motifs is 1. The fraction of sp³-hybridized carbons (Fsp3) is 0.478. The largest absolute Gasteiger partial charge is 0.497 e. The van der Waals surface area contributed by atoms with Crippen LogP contribution in [0, 0.1) is 5.92 Å². The number of benzene rings is 1. The van der Waals surface area contributed by atoms with Crippen LogP contribution in [0.3, 0.4) is 0 Å². The Balaban J connectivity index is 1.59. The van der Waals surface area contributed by atoms with Crippen molar-refractivity contribution in [3.05, 3.63) is 53.9 Å². The number of carbonyl (C=O) groups excluding carboxylic acids is 2. The van der Waals surface area contributed by atoms with E-state index in [-0.39, 0.29) is 24.4 Å². The highest BCUT2D eigenvalue weighted by Crippen LogP contribution is 2.31. The van der Waals surface area contributed by atoms with Gasteiger partial charge in [-0.15, -0.1) is 0 Å². The first-order valence-electron chi connectivity index (χ1n) is 10.4. The summed E-state index contributed by atoms with van der Waals surface area (Å²) in [6.07, 6.45) is 6.39. The van der Waals surface area contributed by atoms with E-state index in [0.717, 1.165) is 36.3 Å². The lowest BCUT2D eigenvalue weighted by Crippen LogP contribution is -2.51. The molecule has 6 heteroatoms. The zero-order valence-electron chi connectivity index (χ0n) is 17.1.